The van der Waals surface area contributed by atoms with Crippen LogP contribution < -0.4 is 18.9 Å². The predicted molar refractivity (Wildman–Crippen MR) is 131 cm³/mol. The molecule has 0 aliphatic carbocycles. The second-order valence-electron chi connectivity index (χ2n) is 8.71. The topological polar surface area (TPSA) is 93.8 Å². The van der Waals surface area contributed by atoms with Crippen LogP contribution in [0.4, 0.5) is 17.6 Å². The number of carbonyl (C=O) groups is 1. The molecule has 12 heteroatoms. The fourth-order valence-corrected chi connectivity index (χ4v) is 4.30. The van der Waals surface area contributed by atoms with Gasteiger partial charge in [0.2, 0.25) is 5.88 Å². The summed E-state index contributed by atoms with van der Waals surface area (Å²) in [6.07, 6.45) is 4.46. The van der Waals surface area contributed by atoms with Crippen molar-refractivity contribution in [1.29, 1.82) is 0 Å². The molecular formula is C28H20F4N2O6. The molecule has 0 spiro atoms. The minimum Gasteiger partial charge on any atom is -0.619 e. The Bertz CT molecular complexity index is 1500. The van der Waals surface area contributed by atoms with Crippen molar-refractivity contribution in [3.8, 4) is 23.1 Å². The SMILES string of the molecule is O=C1OCc2ccc(Oc3ccc(C(Cc4cc[n+]([O-])cc4)c4ccc(OC(F)F)c(OC(F)F)c4)cn3)cc21. The number of esters is 1. The van der Waals surface area contributed by atoms with E-state index >= 15 is 0 Å². The molecule has 0 N–H and O–H groups in total. The maximum absolute atomic E-state index is 13.0. The number of fused-ring (bicyclic) bond motifs is 1. The maximum Gasteiger partial charge on any atom is 0.387 e. The van der Waals surface area contributed by atoms with Crippen molar-refractivity contribution in [1.82, 2.24) is 4.98 Å². The molecule has 1 aliphatic rings. The van der Waals surface area contributed by atoms with Crippen LogP contribution in [-0.4, -0.2) is 24.2 Å². The lowest BCUT2D eigenvalue weighted by Gasteiger charge is -2.20. The lowest BCUT2D eigenvalue weighted by Crippen LogP contribution is -2.24. The van der Waals surface area contributed by atoms with E-state index in [4.69, 9.17) is 9.47 Å². The van der Waals surface area contributed by atoms with Crippen molar-refractivity contribution in [2.75, 3.05) is 0 Å². The van der Waals surface area contributed by atoms with E-state index in [-0.39, 0.29) is 12.5 Å². The minimum absolute atomic E-state index is 0.207. The number of cyclic esters (lactones) is 1. The molecule has 0 bridgehead atoms. The zero-order valence-corrected chi connectivity index (χ0v) is 20.5. The van der Waals surface area contributed by atoms with Crippen molar-refractivity contribution < 1.29 is 46.0 Å². The van der Waals surface area contributed by atoms with Crippen LogP contribution in [-0.2, 0) is 17.8 Å². The zero-order valence-electron chi connectivity index (χ0n) is 20.5. The molecule has 1 aliphatic heterocycles. The third kappa shape index (κ3) is 6.22. The van der Waals surface area contributed by atoms with Gasteiger partial charge in [-0.25, -0.2) is 9.78 Å². The molecular weight excluding hydrogens is 536 g/mol. The number of alkyl halides is 4. The lowest BCUT2D eigenvalue weighted by molar-refractivity contribution is -0.605. The van der Waals surface area contributed by atoms with Gasteiger partial charge < -0.3 is 24.2 Å². The smallest absolute Gasteiger partial charge is 0.387 e. The maximum atomic E-state index is 13.0. The summed E-state index contributed by atoms with van der Waals surface area (Å²) >= 11 is 0. The highest BCUT2D eigenvalue weighted by Gasteiger charge is 2.23. The number of carbonyl (C=O) groups excluding carboxylic acids is 1. The monoisotopic (exact) mass is 556 g/mol. The van der Waals surface area contributed by atoms with E-state index in [0.29, 0.717) is 33.6 Å². The molecule has 1 unspecified atom stereocenters. The van der Waals surface area contributed by atoms with Gasteiger partial charge >= 0.3 is 19.2 Å². The first-order valence-corrected chi connectivity index (χ1v) is 11.9. The van der Waals surface area contributed by atoms with Crippen molar-refractivity contribution >= 4 is 5.97 Å². The number of benzene rings is 2. The van der Waals surface area contributed by atoms with Gasteiger partial charge in [0.05, 0.1) is 5.56 Å². The number of nitrogens with zero attached hydrogens (tertiary/aromatic N) is 2. The van der Waals surface area contributed by atoms with Crippen LogP contribution in [0.5, 0.6) is 23.1 Å². The van der Waals surface area contributed by atoms with Crippen molar-refractivity contribution in [2.24, 2.45) is 0 Å². The Balaban J connectivity index is 1.45. The molecule has 0 fully saturated rings. The minimum atomic E-state index is -3.27. The quantitative estimate of drug-likeness (QED) is 0.106. The van der Waals surface area contributed by atoms with Gasteiger partial charge in [-0.2, -0.15) is 22.3 Å². The Morgan fingerprint density at radius 1 is 0.900 bits per heavy atom. The molecule has 3 heterocycles. The highest BCUT2D eigenvalue weighted by Crippen LogP contribution is 2.37. The molecule has 2 aromatic heterocycles. The van der Waals surface area contributed by atoms with Crippen molar-refractivity contribution in [3.05, 3.63) is 112 Å². The fraction of sp³-hybridized carbons (Fsp3) is 0.179. The highest BCUT2D eigenvalue weighted by atomic mass is 19.3. The molecule has 40 heavy (non-hydrogen) atoms. The molecule has 0 saturated carbocycles. The number of aromatic nitrogens is 2. The molecule has 5 rings (SSSR count). The third-order valence-corrected chi connectivity index (χ3v) is 6.16. The van der Waals surface area contributed by atoms with Crippen LogP contribution in [0.2, 0.25) is 0 Å². The van der Waals surface area contributed by atoms with Gasteiger partial charge in [-0.3, -0.25) is 0 Å². The van der Waals surface area contributed by atoms with Crippen LogP contribution in [0.3, 0.4) is 0 Å². The second-order valence-corrected chi connectivity index (χ2v) is 8.71. The van der Waals surface area contributed by atoms with Gasteiger partial charge in [-0.15, -0.1) is 0 Å². The van der Waals surface area contributed by atoms with E-state index in [1.807, 2.05) is 0 Å². The number of rotatable bonds is 10. The first-order chi connectivity index (χ1) is 19.2. The van der Waals surface area contributed by atoms with Crippen LogP contribution >= 0.6 is 0 Å². The van der Waals surface area contributed by atoms with Crippen LogP contribution in [0.1, 0.15) is 38.5 Å². The number of ether oxygens (including phenoxy) is 4. The zero-order chi connectivity index (χ0) is 28.2. The number of hydrogen-bond acceptors (Lipinski definition) is 7. The first-order valence-electron chi connectivity index (χ1n) is 11.9. The van der Waals surface area contributed by atoms with Crippen LogP contribution in [0.25, 0.3) is 0 Å². The molecule has 1 atom stereocenters. The van der Waals surface area contributed by atoms with Gasteiger partial charge in [0.25, 0.3) is 0 Å². The van der Waals surface area contributed by atoms with E-state index < -0.39 is 36.6 Å². The van der Waals surface area contributed by atoms with E-state index in [9.17, 15) is 27.6 Å². The van der Waals surface area contributed by atoms with Gasteiger partial charge in [0.1, 0.15) is 12.4 Å². The molecule has 0 radical (unpaired) electrons. The van der Waals surface area contributed by atoms with Gasteiger partial charge in [0.15, 0.2) is 23.9 Å². The summed E-state index contributed by atoms with van der Waals surface area (Å²) in [5.41, 5.74) is 2.99. The molecule has 0 saturated heterocycles. The average Bonchev–Trinajstić information content (AvgIpc) is 3.29. The summed E-state index contributed by atoms with van der Waals surface area (Å²) in [6, 6.07) is 15.3. The van der Waals surface area contributed by atoms with Gasteiger partial charge in [0, 0.05) is 35.9 Å². The van der Waals surface area contributed by atoms with Crippen molar-refractivity contribution in [3.63, 3.8) is 0 Å². The Kier molecular flexibility index (Phi) is 7.67. The van der Waals surface area contributed by atoms with Crippen LogP contribution in [0.15, 0.2) is 79.3 Å². The van der Waals surface area contributed by atoms with E-state index in [0.717, 1.165) is 17.2 Å². The van der Waals surface area contributed by atoms with Crippen molar-refractivity contribution in [2.45, 2.75) is 32.2 Å². The molecule has 0 amide bonds. The number of hydrogen-bond donors (Lipinski definition) is 0. The average molecular weight is 556 g/mol. The Morgan fingerprint density at radius 3 is 2.33 bits per heavy atom. The lowest BCUT2D eigenvalue weighted by atomic mass is 9.87. The summed E-state index contributed by atoms with van der Waals surface area (Å²) in [4.78, 5) is 16.2. The summed E-state index contributed by atoms with van der Waals surface area (Å²) in [5.74, 6) is -1.43. The summed E-state index contributed by atoms with van der Waals surface area (Å²) in [5, 5.41) is 11.5. The molecule has 4 aromatic rings. The number of halogens is 4. The Labute approximate surface area is 224 Å². The van der Waals surface area contributed by atoms with Gasteiger partial charge in [-0.05, 0) is 47.4 Å². The predicted octanol–water partition coefficient (Wildman–Crippen LogP) is 5.76. The largest absolute Gasteiger partial charge is 0.619 e. The normalized spacial score (nSPS) is 13.2. The summed E-state index contributed by atoms with van der Waals surface area (Å²) < 4.78 is 72.0. The van der Waals surface area contributed by atoms with E-state index in [1.54, 1.807) is 42.5 Å². The van der Waals surface area contributed by atoms with E-state index in [1.165, 1.54) is 30.7 Å². The highest BCUT2D eigenvalue weighted by molar-refractivity contribution is 5.93. The Morgan fingerprint density at radius 2 is 1.62 bits per heavy atom. The molecule has 8 nitrogen and oxygen atoms in total. The van der Waals surface area contributed by atoms with Crippen LogP contribution in [0, 0.1) is 5.21 Å². The molecule has 206 valence electrons. The second kappa shape index (κ2) is 11.5. The molecule has 2 aromatic carbocycles. The standard InChI is InChI=1S/C28H20F4N2O6/c29-27(30)39-23-5-2-17(12-24(23)40-28(31)32)21(11-16-7-9-34(36)10-8-16)18-3-6-25(33-14-18)38-20-4-1-19-15-37-26(35)22(19)13-20/h1-10,12-14,21,27-28H,11,15H2. The number of pyridine rings is 2. The fourth-order valence-electron chi connectivity index (χ4n) is 4.30. The first kappa shape index (κ1) is 26.7. The van der Waals surface area contributed by atoms with E-state index in [2.05, 4.69) is 14.5 Å². The summed E-state index contributed by atoms with van der Waals surface area (Å²) in [6.45, 7) is -6.30. The summed E-state index contributed by atoms with van der Waals surface area (Å²) in [7, 11) is 0. The Hall–Kier alpha value is -4.87. The third-order valence-electron chi connectivity index (χ3n) is 6.16. The van der Waals surface area contributed by atoms with Gasteiger partial charge in [-0.1, -0.05) is 18.2 Å².